The average molecular weight is 395 g/mol. The first-order chi connectivity index (χ1) is 12.9. The first-order valence-corrected chi connectivity index (χ1v) is 11.4. The summed E-state index contributed by atoms with van der Waals surface area (Å²) in [6, 6.07) is 4.31. The molecule has 1 heterocycles. The van der Waals surface area contributed by atoms with Gasteiger partial charge in [-0.2, -0.15) is 4.31 Å². The van der Waals surface area contributed by atoms with Crippen LogP contribution >= 0.6 is 0 Å². The molecule has 1 aliphatic carbocycles. The molecule has 3 rings (SSSR count). The van der Waals surface area contributed by atoms with E-state index in [2.05, 4.69) is 4.90 Å². The number of rotatable bonds is 5. The Balaban J connectivity index is 1.70. The molecule has 1 N–H and O–H groups in total. The summed E-state index contributed by atoms with van der Waals surface area (Å²) in [5.74, 6) is -0.364. The van der Waals surface area contributed by atoms with Crippen LogP contribution in [0.25, 0.3) is 0 Å². The summed E-state index contributed by atoms with van der Waals surface area (Å²) in [5, 5.41) is 9.20. The quantitative estimate of drug-likeness (QED) is 0.831. The van der Waals surface area contributed by atoms with Gasteiger partial charge in [0.05, 0.1) is 10.5 Å². The van der Waals surface area contributed by atoms with Gasteiger partial charge in [0, 0.05) is 26.2 Å². The maximum absolute atomic E-state index is 13.1. The molecule has 0 spiro atoms. The van der Waals surface area contributed by atoms with Crippen LogP contribution in [0.5, 0.6) is 0 Å². The predicted molar refractivity (Wildman–Crippen MR) is 105 cm³/mol. The van der Waals surface area contributed by atoms with E-state index in [1.54, 1.807) is 13.0 Å². The molecule has 1 saturated carbocycles. The summed E-state index contributed by atoms with van der Waals surface area (Å²) >= 11 is 0. The van der Waals surface area contributed by atoms with Crippen molar-refractivity contribution >= 4 is 16.0 Å². The van der Waals surface area contributed by atoms with Gasteiger partial charge in [-0.15, -0.1) is 0 Å². The molecule has 1 saturated heterocycles. The lowest BCUT2D eigenvalue weighted by atomic mass is 9.89. The number of aromatic carboxylic acids is 1. The highest BCUT2D eigenvalue weighted by atomic mass is 32.2. The predicted octanol–water partition coefficient (Wildman–Crippen LogP) is 2.97. The van der Waals surface area contributed by atoms with Gasteiger partial charge in [-0.3, -0.25) is 0 Å². The van der Waals surface area contributed by atoms with Gasteiger partial charge in [0.1, 0.15) is 0 Å². The molecule has 2 fully saturated rings. The van der Waals surface area contributed by atoms with Gasteiger partial charge >= 0.3 is 5.97 Å². The zero-order valence-electron chi connectivity index (χ0n) is 16.1. The second-order valence-electron chi connectivity index (χ2n) is 7.85. The minimum Gasteiger partial charge on any atom is -0.478 e. The second kappa shape index (κ2) is 8.71. The normalized spacial score (nSPS) is 21.1. The highest BCUT2D eigenvalue weighted by molar-refractivity contribution is 7.89. The summed E-state index contributed by atoms with van der Waals surface area (Å²) in [6.45, 7) is 5.41. The summed E-state index contributed by atoms with van der Waals surface area (Å²) in [7, 11) is -3.69. The average Bonchev–Trinajstić information content (AvgIpc) is 2.88. The van der Waals surface area contributed by atoms with Crippen molar-refractivity contribution in [2.45, 2.75) is 50.3 Å². The van der Waals surface area contributed by atoms with Crippen LogP contribution in [-0.4, -0.2) is 61.4 Å². The lowest BCUT2D eigenvalue weighted by molar-refractivity contribution is 0.0696. The standard InChI is InChI=1S/C20H30N2O4S/c1-16-8-9-18(20(23)24)14-19(16)27(25,26)22-11-5-10-21(12-13-22)15-17-6-3-2-4-7-17/h8-9,14,17H,2-7,10-13,15H2,1H3,(H,23,24). The number of nitrogens with zero attached hydrogens (tertiary/aromatic N) is 2. The highest BCUT2D eigenvalue weighted by Gasteiger charge is 2.29. The Kier molecular flexibility index (Phi) is 6.55. The number of benzene rings is 1. The van der Waals surface area contributed by atoms with E-state index in [0.717, 1.165) is 32.0 Å². The zero-order valence-corrected chi connectivity index (χ0v) is 16.9. The lowest BCUT2D eigenvalue weighted by Gasteiger charge is -2.28. The smallest absolute Gasteiger partial charge is 0.335 e. The fourth-order valence-electron chi connectivity index (χ4n) is 4.26. The molecule has 27 heavy (non-hydrogen) atoms. The van der Waals surface area contributed by atoms with Crippen molar-refractivity contribution in [1.29, 1.82) is 0 Å². The Morgan fingerprint density at radius 1 is 1.07 bits per heavy atom. The van der Waals surface area contributed by atoms with E-state index in [1.807, 2.05) is 0 Å². The third-order valence-corrected chi connectivity index (χ3v) is 7.88. The number of sulfonamides is 1. The van der Waals surface area contributed by atoms with Crippen molar-refractivity contribution in [3.05, 3.63) is 29.3 Å². The number of hydrogen-bond acceptors (Lipinski definition) is 4. The molecule has 1 aromatic carbocycles. The third kappa shape index (κ3) is 4.89. The number of carboxylic acids is 1. The van der Waals surface area contributed by atoms with Gasteiger partial charge in [-0.25, -0.2) is 13.2 Å². The van der Waals surface area contributed by atoms with Gasteiger partial charge < -0.3 is 10.0 Å². The van der Waals surface area contributed by atoms with E-state index >= 15 is 0 Å². The van der Waals surface area contributed by atoms with E-state index in [9.17, 15) is 18.3 Å². The molecule has 0 unspecified atom stereocenters. The van der Waals surface area contributed by atoms with Crippen LogP contribution in [0.15, 0.2) is 23.1 Å². The molecule has 7 heteroatoms. The fourth-order valence-corrected chi connectivity index (χ4v) is 5.98. The SMILES string of the molecule is Cc1ccc(C(=O)O)cc1S(=O)(=O)N1CCCN(CC2CCCCC2)CC1. The molecule has 6 nitrogen and oxygen atoms in total. The second-order valence-corrected chi connectivity index (χ2v) is 9.75. The van der Waals surface area contributed by atoms with Crippen LogP contribution in [0, 0.1) is 12.8 Å². The third-order valence-electron chi connectivity index (χ3n) is 5.84. The first kappa shape index (κ1) is 20.3. The lowest BCUT2D eigenvalue weighted by Crippen LogP contribution is -2.37. The minimum atomic E-state index is -3.69. The van der Waals surface area contributed by atoms with Crippen LogP contribution in [0.1, 0.15) is 54.4 Å². The summed E-state index contributed by atoms with van der Waals surface area (Å²) in [4.78, 5) is 13.8. The molecule has 0 aromatic heterocycles. The Bertz CT molecular complexity index is 772. The number of hydrogen-bond donors (Lipinski definition) is 1. The maximum Gasteiger partial charge on any atom is 0.335 e. The largest absolute Gasteiger partial charge is 0.478 e. The van der Waals surface area contributed by atoms with Crippen molar-refractivity contribution in [1.82, 2.24) is 9.21 Å². The van der Waals surface area contributed by atoms with Gasteiger partial charge in [-0.05, 0) is 56.3 Å². The number of carbonyl (C=O) groups is 1. The van der Waals surface area contributed by atoms with E-state index in [4.69, 9.17) is 0 Å². The number of aryl methyl sites for hydroxylation is 1. The van der Waals surface area contributed by atoms with Gasteiger partial charge in [0.2, 0.25) is 10.0 Å². The molecular weight excluding hydrogens is 364 g/mol. The van der Waals surface area contributed by atoms with Crippen molar-refractivity contribution < 1.29 is 18.3 Å². The van der Waals surface area contributed by atoms with Crippen LogP contribution in [0.4, 0.5) is 0 Å². The van der Waals surface area contributed by atoms with Crippen LogP contribution in [-0.2, 0) is 10.0 Å². The van der Waals surface area contributed by atoms with Crippen LogP contribution in [0.3, 0.4) is 0 Å². The van der Waals surface area contributed by atoms with Gasteiger partial charge in [0.15, 0.2) is 0 Å². The molecule has 1 aliphatic heterocycles. The maximum atomic E-state index is 13.1. The van der Waals surface area contributed by atoms with Gasteiger partial charge in [-0.1, -0.05) is 25.3 Å². The molecule has 1 aromatic rings. The van der Waals surface area contributed by atoms with Crippen LogP contribution in [0.2, 0.25) is 0 Å². The summed E-state index contributed by atoms with van der Waals surface area (Å²) in [5.41, 5.74) is 0.594. The van der Waals surface area contributed by atoms with Crippen molar-refractivity contribution in [3.63, 3.8) is 0 Å². The van der Waals surface area contributed by atoms with Gasteiger partial charge in [0.25, 0.3) is 0 Å². The molecular formula is C20H30N2O4S. The Morgan fingerprint density at radius 3 is 2.52 bits per heavy atom. The Labute approximate surface area is 162 Å². The molecule has 150 valence electrons. The minimum absolute atomic E-state index is 0.00734. The zero-order chi connectivity index (χ0) is 19.4. The Morgan fingerprint density at radius 2 is 1.81 bits per heavy atom. The van der Waals surface area contributed by atoms with E-state index in [0.29, 0.717) is 18.7 Å². The summed E-state index contributed by atoms with van der Waals surface area (Å²) < 4.78 is 27.8. The van der Waals surface area contributed by atoms with Crippen LogP contribution < -0.4 is 0 Å². The molecule has 0 radical (unpaired) electrons. The highest BCUT2D eigenvalue weighted by Crippen LogP contribution is 2.26. The Hall–Kier alpha value is -1.44. The number of carboxylic acid groups (broad SMARTS) is 1. The molecule has 0 atom stereocenters. The van der Waals surface area contributed by atoms with Crippen molar-refractivity contribution in [3.8, 4) is 0 Å². The molecule has 2 aliphatic rings. The topological polar surface area (TPSA) is 77.9 Å². The summed E-state index contributed by atoms with van der Waals surface area (Å²) in [6.07, 6.45) is 7.37. The van der Waals surface area contributed by atoms with Crippen molar-refractivity contribution in [2.75, 3.05) is 32.7 Å². The fraction of sp³-hybridized carbons (Fsp3) is 0.650. The monoisotopic (exact) mass is 394 g/mol. The molecule has 0 bridgehead atoms. The van der Waals surface area contributed by atoms with Crippen molar-refractivity contribution in [2.24, 2.45) is 5.92 Å². The van der Waals surface area contributed by atoms with E-state index in [1.165, 1.54) is 48.5 Å². The van der Waals surface area contributed by atoms with E-state index in [-0.39, 0.29) is 10.5 Å². The first-order valence-electron chi connectivity index (χ1n) is 9.94. The molecule has 0 amide bonds. The van der Waals surface area contributed by atoms with E-state index < -0.39 is 16.0 Å².